The van der Waals surface area contributed by atoms with Crippen LogP contribution < -0.4 is 5.32 Å². The highest BCUT2D eigenvalue weighted by Gasteiger charge is 2.25. The standard InChI is InChI=1S/C21H33N3O/c25-21(12-5-9-18-7-1-2-8-18)24(17-19-10-3-4-15-23-19)20-11-6-14-22-16-13-20/h3-4,10,15,18,20,22H,1-2,5-9,11-14,16-17H2. The fraction of sp³-hybridized carbons (Fsp3) is 0.714. The van der Waals surface area contributed by atoms with E-state index < -0.39 is 0 Å². The quantitative estimate of drug-likeness (QED) is 0.816. The average Bonchev–Trinajstić information content (AvgIpc) is 3.01. The summed E-state index contributed by atoms with van der Waals surface area (Å²) in [7, 11) is 0. The summed E-state index contributed by atoms with van der Waals surface area (Å²) in [5.41, 5.74) is 1.00. The lowest BCUT2D eigenvalue weighted by Gasteiger charge is -2.31. The summed E-state index contributed by atoms with van der Waals surface area (Å²) in [5, 5.41) is 3.46. The summed E-state index contributed by atoms with van der Waals surface area (Å²) < 4.78 is 0. The molecule has 2 aliphatic rings. The van der Waals surface area contributed by atoms with Crippen LogP contribution in [0.4, 0.5) is 0 Å². The highest BCUT2D eigenvalue weighted by Crippen LogP contribution is 2.29. The van der Waals surface area contributed by atoms with E-state index in [0.717, 1.165) is 50.4 Å². The summed E-state index contributed by atoms with van der Waals surface area (Å²) >= 11 is 0. The number of carbonyl (C=O) groups is 1. The Kier molecular flexibility index (Phi) is 7.28. The van der Waals surface area contributed by atoms with Crippen LogP contribution in [0.1, 0.15) is 69.9 Å². The predicted molar refractivity (Wildman–Crippen MR) is 101 cm³/mol. The highest BCUT2D eigenvalue weighted by atomic mass is 16.2. The molecule has 0 radical (unpaired) electrons. The Hall–Kier alpha value is -1.42. The molecule has 2 fully saturated rings. The largest absolute Gasteiger partial charge is 0.334 e. The van der Waals surface area contributed by atoms with Crippen molar-refractivity contribution < 1.29 is 4.79 Å². The van der Waals surface area contributed by atoms with Crippen LogP contribution in [0.25, 0.3) is 0 Å². The molecule has 25 heavy (non-hydrogen) atoms. The smallest absolute Gasteiger partial charge is 0.223 e. The van der Waals surface area contributed by atoms with Crippen molar-refractivity contribution in [3.63, 3.8) is 0 Å². The number of nitrogens with one attached hydrogen (secondary N) is 1. The maximum atomic E-state index is 13.0. The minimum absolute atomic E-state index is 0.329. The van der Waals surface area contributed by atoms with E-state index in [4.69, 9.17) is 0 Å². The maximum absolute atomic E-state index is 13.0. The third-order valence-electron chi connectivity index (χ3n) is 5.84. The number of amides is 1. The molecule has 4 nitrogen and oxygen atoms in total. The van der Waals surface area contributed by atoms with Gasteiger partial charge in [-0.15, -0.1) is 0 Å². The Bertz CT molecular complexity index is 505. The van der Waals surface area contributed by atoms with Crippen LogP contribution in [0.15, 0.2) is 24.4 Å². The molecule has 1 amide bonds. The SMILES string of the molecule is O=C(CCCC1CCCC1)N(Cc1ccccn1)C1CCCNCC1. The summed E-state index contributed by atoms with van der Waals surface area (Å²) in [5.74, 6) is 1.20. The molecule has 0 spiro atoms. The van der Waals surface area contributed by atoms with Crippen molar-refractivity contribution in [2.45, 2.75) is 76.8 Å². The molecule has 1 unspecified atom stereocenters. The second-order valence-electron chi connectivity index (χ2n) is 7.72. The Morgan fingerprint density at radius 3 is 2.80 bits per heavy atom. The van der Waals surface area contributed by atoms with Gasteiger partial charge >= 0.3 is 0 Å². The lowest BCUT2D eigenvalue weighted by atomic mass is 9.99. The minimum atomic E-state index is 0.329. The molecule has 2 heterocycles. The number of rotatable bonds is 7. The number of hydrogen-bond acceptors (Lipinski definition) is 3. The van der Waals surface area contributed by atoms with Gasteiger partial charge in [0.25, 0.3) is 0 Å². The summed E-state index contributed by atoms with van der Waals surface area (Å²) in [6.45, 7) is 2.75. The van der Waals surface area contributed by atoms with Crippen LogP contribution in [0.2, 0.25) is 0 Å². The van der Waals surface area contributed by atoms with Crippen molar-refractivity contribution in [2.24, 2.45) is 5.92 Å². The summed E-state index contributed by atoms with van der Waals surface area (Å²) in [6, 6.07) is 6.34. The van der Waals surface area contributed by atoms with E-state index >= 15 is 0 Å². The van der Waals surface area contributed by atoms with Gasteiger partial charge in [0.2, 0.25) is 5.91 Å². The van der Waals surface area contributed by atoms with Crippen molar-refractivity contribution in [1.82, 2.24) is 15.2 Å². The number of carbonyl (C=O) groups excluding carboxylic acids is 1. The third kappa shape index (κ3) is 5.81. The predicted octanol–water partition coefficient (Wildman–Crippen LogP) is 3.91. The number of aromatic nitrogens is 1. The molecule has 138 valence electrons. The van der Waals surface area contributed by atoms with Gasteiger partial charge in [-0.2, -0.15) is 0 Å². The lowest BCUT2D eigenvalue weighted by Crippen LogP contribution is -2.40. The zero-order chi connectivity index (χ0) is 17.3. The number of nitrogens with zero attached hydrogens (tertiary/aromatic N) is 2. The Labute approximate surface area is 152 Å². The maximum Gasteiger partial charge on any atom is 0.223 e. The normalized spacial score (nSPS) is 21.8. The zero-order valence-electron chi connectivity index (χ0n) is 15.5. The van der Waals surface area contributed by atoms with Gasteiger partial charge in [0.15, 0.2) is 0 Å². The van der Waals surface area contributed by atoms with Gasteiger partial charge in [-0.1, -0.05) is 31.7 Å². The highest BCUT2D eigenvalue weighted by molar-refractivity contribution is 5.76. The molecule has 1 saturated carbocycles. The summed E-state index contributed by atoms with van der Waals surface area (Å²) in [6.07, 6.45) is 13.6. The van der Waals surface area contributed by atoms with E-state index in [1.54, 1.807) is 0 Å². The van der Waals surface area contributed by atoms with Gasteiger partial charge in [-0.25, -0.2) is 0 Å². The van der Waals surface area contributed by atoms with Crippen LogP contribution in [-0.4, -0.2) is 34.9 Å². The second kappa shape index (κ2) is 9.91. The van der Waals surface area contributed by atoms with Crippen LogP contribution in [0.5, 0.6) is 0 Å². The number of hydrogen-bond donors (Lipinski definition) is 1. The molecule has 4 heteroatoms. The Balaban J connectivity index is 1.58. The molecule has 1 aliphatic carbocycles. The van der Waals surface area contributed by atoms with E-state index in [9.17, 15) is 4.79 Å². The first-order valence-corrected chi connectivity index (χ1v) is 10.2. The van der Waals surface area contributed by atoms with Crippen LogP contribution >= 0.6 is 0 Å². The molecule has 1 N–H and O–H groups in total. The first-order valence-electron chi connectivity index (χ1n) is 10.2. The van der Waals surface area contributed by atoms with Gasteiger partial charge < -0.3 is 10.2 Å². The fourth-order valence-corrected chi connectivity index (χ4v) is 4.38. The molecule has 1 atom stereocenters. The van der Waals surface area contributed by atoms with Gasteiger partial charge in [-0.05, 0) is 63.2 Å². The molecule has 1 aromatic heterocycles. The van der Waals surface area contributed by atoms with E-state index in [1.807, 2.05) is 24.4 Å². The summed E-state index contributed by atoms with van der Waals surface area (Å²) in [4.78, 5) is 19.6. The molecule has 3 rings (SSSR count). The first-order chi connectivity index (χ1) is 12.3. The molecule has 1 aliphatic heterocycles. The molecule has 1 aromatic rings. The topological polar surface area (TPSA) is 45.2 Å². The lowest BCUT2D eigenvalue weighted by molar-refractivity contribution is -0.134. The van der Waals surface area contributed by atoms with Gasteiger partial charge in [0.1, 0.15) is 0 Å². The molecule has 0 bridgehead atoms. The van der Waals surface area contributed by atoms with Gasteiger partial charge in [0, 0.05) is 18.7 Å². The van der Waals surface area contributed by atoms with E-state index in [-0.39, 0.29) is 0 Å². The van der Waals surface area contributed by atoms with Crippen molar-refractivity contribution in [2.75, 3.05) is 13.1 Å². The van der Waals surface area contributed by atoms with Gasteiger partial charge in [-0.3, -0.25) is 9.78 Å². The average molecular weight is 344 g/mol. The van der Waals surface area contributed by atoms with Gasteiger partial charge in [0.05, 0.1) is 12.2 Å². The van der Waals surface area contributed by atoms with E-state index in [2.05, 4.69) is 15.2 Å². The molecule has 1 saturated heterocycles. The first kappa shape index (κ1) is 18.4. The van der Waals surface area contributed by atoms with Crippen molar-refractivity contribution in [3.05, 3.63) is 30.1 Å². The second-order valence-corrected chi connectivity index (χ2v) is 7.72. The molecular formula is C21H33N3O. The fourth-order valence-electron chi connectivity index (χ4n) is 4.38. The Morgan fingerprint density at radius 1 is 1.12 bits per heavy atom. The van der Waals surface area contributed by atoms with Crippen LogP contribution in [0.3, 0.4) is 0 Å². The van der Waals surface area contributed by atoms with E-state index in [1.165, 1.54) is 32.1 Å². The molecular weight excluding hydrogens is 310 g/mol. The Morgan fingerprint density at radius 2 is 2.00 bits per heavy atom. The van der Waals surface area contributed by atoms with Crippen molar-refractivity contribution in [1.29, 1.82) is 0 Å². The third-order valence-corrected chi connectivity index (χ3v) is 5.84. The van der Waals surface area contributed by atoms with Crippen LogP contribution in [0, 0.1) is 5.92 Å². The molecule has 0 aromatic carbocycles. The van der Waals surface area contributed by atoms with E-state index in [0.29, 0.717) is 24.9 Å². The van der Waals surface area contributed by atoms with Crippen LogP contribution in [-0.2, 0) is 11.3 Å². The van der Waals surface area contributed by atoms with Crippen molar-refractivity contribution in [3.8, 4) is 0 Å². The minimum Gasteiger partial charge on any atom is -0.334 e. The van der Waals surface area contributed by atoms with Crippen molar-refractivity contribution >= 4 is 5.91 Å². The monoisotopic (exact) mass is 343 g/mol. The number of pyridine rings is 1. The zero-order valence-corrected chi connectivity index (χ0v) is 15.5.